The minimum absolute atomic E-state index is 0.233. The molecule has 1 N–H and O–H groups in total. The van der Waals surface area contributed by atoms with Crippen molar-refractivity contribution in [1.29, 1.82) is 0 Å². The highest BCUT2D eigenvalue weighted by Crippen LogP contribution is 2.36. The van der Waals surface area contributed by atoms with Crippen molar-refractivity contribution in [3.05, 3.63) is 28.3 Å². The summed E-state index contributed by atoms with van der Waals surface area (Å²) in [4.78, 5) is 30.4. The molecule has 0 fully saturated rings. The van der Waals surface area contributed by atoms with Crippen molar-refractivity contribution in [2.75, 3.05) is 25.6 Å². The first-order valence-electron chi connectivity index (χ1n) is 13.3. The summed E-state index contributed by atoms with van der Waals surface area (Å²) in [6, 6.07) is 2.61. The minimum atomic E-state index is -0.992. The number of carbonyl (C=O) groups excluding carboxylic acids is 1. The summed E-state index contributed by atoms with van der Waals surface area (Å²) >= 11 is 1.47. The van der Waals surface area contributed by atoms with E-state index < -0.39 is 23.0 Å². The lowest BCUT2D eigenvalue weighted by Crippen LogP contribution is -2.45. The summed E-state index contributed by atoms with van der Waals surface area (Å²) < 4.78 is 23.0. The molecule has 0 spiro atoms. The standard InChI is InChI=1S/C27H44N2O6S/c1-7-11-12-13-14-16-32-20-17-22(35-23(30)18-20)21(15-8-2)28-24(31)26(5)19-36-25(29-26)27(6,33-9-3)34-10-4/h17-18,21H,7-16,19H2,1-6H3,(H,28,31)/t21-,26+/m1/s1. The number of hydrogen-bond donors (Lipinski definition) is 1. The molecule has 9 heteroatoms. The monoisotopic (exact) mass is 524 g/mol. The van der Waals surface area contributed by atoms with Crippen molar-refractivity contribution in [3.8, 4) is 5.75 Å². The van der Waals surface area contributed by atoms with Gasteiger partial charge in [0.2, 0.25) is 11.7 Å². The van der Waals surface area contributed by atoms with Gasteiger partial charge in [-0.25, -0.2) is 4.79 Å². The van der Waals surface area contributed by atoms with E-state index >= 15 is 0 Å². The fourth-order valence-corrected chi connectivity index (χ4v) is 5.33. The lowest BCUT2D eigenvalue weighted by atomic mass is 10.0. The first-order valence-corrected chi connectivity index (χ1v) is 14.3. The maximum Gasteiger partial charge on any atom is 0.339 e. The number of nitrogens with zero attached hydrogens (tertiary/aromatic N) is 1. The Hall–Kier alpha value is -1.84. The van der Waals surface area contributed by atoms with Gasteiger partial charge in [0, 0.05) is 25.0 Å². The SMILES string of the molecule is CCCCCCCOc1cc([C@@H](CCC)NC(=O)[C@]2(C)CSC(C(C)(OCC)OCC)=N2)oc(=O)c1. The zero-order valence-electron chi connectivity index (χ0n) is 22.8. The molecule has 2 atom stereocenters. The van der Waals surface area contributed by atoms with Crippen molar-refractivity contribution >= 4 is 22.7 Å². The van der Waals surface area contributed by atoms with E-state index in [4.69, 9.17) is 23.6 Å². The van der Waals surface area contributed by atoms with E-state index in [-0.39, 0.29) is 5.91 Å². The number of unbranched alkanes of at least 4 members (excludes halogenated alkanes) is 4. The zero-order chi connectivity index (χ0) is 26.6. The molecule has 8 nitrogen and oxygen atoms in total. The first-order chi connectivity index (χ1) is 17.2. The van der Waals surface area contributed by atoms with E-state index in [1.165, 1.54) is 37.1 Å². The number of amides is 1. The Kier molecular flexibility index (Phi) is 12.5. The highest BCUT2D eigenvalue weighted by Gasteiger charge is 2.45. The average molecular weight is 525 g/mol. The minimum Gasteiger partial charge on any atom is -0.493 e. The number of nitrogens with one attached hydrogen (secondary N) is 1. The third-order valence-electron chi connectivity index (χ3n) is 6.06. The number of ether oxygens (including phenoxy) is 3. The Labute approximate surface area is 219 Å². The van der Waals surface area contributed by atoms with Gasteiger partial charge in [0.25, 0.3) is 0 Å². The second-order valence-electron chi connectivity index (χ2n) is 9.38. The van der Waals surface area contributed by atoms with Crippen LogP contribution in [0, 0.1) is 0 Å². The van der Waals surface area contributed by atoms with E-state index in [0.717, 1.165) is 19.3 Å². The molecule has 1 amide bonds. The molecule has 36 heavy (non-hydrogen) atoms. The first kappa shape index (κ1) is 30.4. The Morgan fingerprint density at radius 2 is 1.83 bits per heavy atom. The van der Waals surface area contributed by atoms with Crippen LogP contribution in [0.2, 0.25) is 0 Å². The molecule has 1 aliphatic heterocycles. The van der Waals surface area contributed by atoms with E-state index in [1.54, 1.807) is 13.0 Å². The van der Waals surface area contributed by atoms with Crippen LogP contribution in [0.1, 0.15) is 98.3 Å². The molecule has 0 aromatic carbocycles. The van der Waals surface area contributed by atoms with Crippen molar-refractivity contribution < 1.29 is 23.4 Å². The summed E-state index contributed by atoms with van der Waals surface area (Å²) in [7, 11) is 0. The third-order valence-corrected chi connectivity index (χ3v) is 7.50. The Bertz CT molecular complexity index is 912. The topological polar surface area (TPSA) is 99.4 Å². The van der Waals surface area contributed by atoms with Gasteiger partial charge in [-0.05, 0) is 40.5 Å². The molecule has 0 unspecified atom stereocenters. The predicted octanol–water partition coefficient (Wildman–Crippen LogP) is 5.64. The molecule has 2 heterocycles. The van der Waals surface area contributed by atoms with Crippen LogP contribution in [0.25, 0.3) is 0 Å². The van der Waals surface area contributed by atoms with Crippen LogP contribution in [-0.4, -0.2) is 47.9 Å². The van der Waals surface area contributed by atoms with Crippen LogP contribution in [0.3, 0.4) is 0 Å². The molecule has 1 aromatic heterocycles. The van der Waals surface area contributed by atoms with Crippen LogP contribution >= 0.6 is 11.8 Å². The second kappa shape index (κ2) is 14.8. The molecule has 2 rings (SSSR count). The molecular formula is C27H44N2O6S. The van der Waals surface area contributed by atoms with E-state index in [1.807, 2.05) is 27.7 Å². The smallest absolute Gasteiger partial charge is 0.339 e. The van der Waals surface area contributed by atoms with Gasteiger partial charge in [-0.15, -0.1) is 11.8 Å². The molecule has 1 aromatic rings. The van der Waals surface area contributed by atoms with Gasteiger partial charge in [0.15, 0.2) is 0 Å². The maximum absolute atomic E-state index is 13.4. The lowest BCUT2D eigenvalue weighted by molar-refractivity contribution is -0.169. The van der Waals surface area contributed by atoms with Gasteiger partial charge < -0.3 is 23.9 Å². The van der Waals surface area contributed by atoms with Gasteiger partial charge in [-0.1, -0.05) is 46.0 Å². The fourth-order valence-electron chi connectivity index (χ4n) is 4.07. The van der Waals surface area contributed by atoms with Crippen LogP contribution in [0.15, 0.2) is 26.3 Å². The summed E-state index contributed by atoms with van der Waals surface area (Å²) in [6.45, 7) is 13.1. The number of carbonyl (C=O) groups is 1. The van der Waals surface area contributed by atoms with Crippen molar-refractivity contribution in [2.24, 2.45) is 4.99 Å². The number of hydrogen-bond acceptors (Lipinski definition) is 8. The maximum atomic E-state index is 13.4. The van der Waals surface area contributed by atoms with Gasteiger partial charge >= 0.3 is 5.63 Å². The third kappa shape index (κ3) is 8.63. The molecular weight excluding hydrogens is 480 g/mol. The van der Waals surface area contributed by atoms with Crippen LogP contribution < -0.4 is 15.7 Å². The second-order valence-corrected chi connectivity index (χ2v) is 10.3. The summed E-state index contributed by atoms with van der Waals surface area (Å²) in [5, 5.41) is 3.72. The molecule has 204 valence electrons. The zero-order valence-corrected chi connectivity index (χ0v) is 23.6. The summed E-state index contributed by atoms with van der Waals surface area (Å²) in [6.07, 6.45) is 7.04. The van der Waals surface area contributed by atoms with Gasteiger partial charge in [0.05, 0.1) is 18.7 Å². The summed E-state index contributed by atoms with van der Waals surface area (Å²) in [5.41, 5.74) is -1.48. The van der Waals surface area contributed by atoms with E-state index in [0.29, 0.717) is 48.5 Å². The highest BCUT2D eigenvalue weighted by atomic mass is 32.2. The van der Waals surface area contributed by atoms with Crippen LogP contribution in [-0.2, 0) is 14.3 Å². The molecule has 0 bridgehead atoms. The molecule has 0 saturated carbocycles. The largest absolute Gasteiger partial charge is 0.493 e. The highest BCUT2D eigenvalue weighted by molar-refractivity contribution is 8.14. The van der Waals surface area contributed by atoms with Crippen molar-refractivity contribution in [1.82, 2.24) is 5.32 Å². The van der Waals surface area contributed by atoms with Crippen molar-refractivity contribution in [2.45, 2.75) is 104 Å². The normalized spacial score (nSPS) is 18.7. The number of thioether (sulfide) groups is 1. The molecule has 0 saturated heterocycles. The fraction of sp³-hybridized carbons (Fsp3) is 0.741. The van der Waals surface area contributed by atoms with Gasteiger partial charge in [-0.3, -0.25) is 9.79 Å². The molecule has 1 aliphatic rings. The van der Waals surface area contributed by atoms with Crippen LogP contribution in [0.5, 0.6) is 5.75 Å². The van der Waals surface area contributed by atoms with Crippen molar-refractivity contribution in [3.63, 3.8) is 0 Å². The summed E-state index contributed by atoms with van der Waals surface area (Å²) in [5.74, 6) is 0.117. The number of aliphatic imine (C=N–C) groups is 1. The number of rotatable bonds is 17. The lowest BCUT2D eigenvalue weighted by Gasteiger charge is -2.28. The van der Waals surface area contributed by atoms with E-state index in [2.05, 4.69) is 12.2 Å². The average Bonchev–Trinajstić information content (AvgIpc) is 3.25. The Morgan fingerprint density at radius 1 is 1.14 bits per heavy atom. The Balaban J connectivity index is 2.14. The quantitative estimate of drug-likeness (QED) is 0.208. The molecule has 0 aliphatic carbocycles. The van der Waals surface area contributed by atoms with Crippen LogP contribution in [0.4, 0.5) is 0 Å². The Morgan fingerprint density at radius 3 is 2.47 bits per heavy atom. The van der Waals surface area contributed by atoms with E-state index in [9.17, 15) is 9.59 Å². The van der Waals surface area contributed by atoms with Gasteiger partial charge in [0.1, 0.15) is 22.1 Å². The predicted molar refractivity (Wildman–Crippen MR) is 145 cm³/mol. The van der Waals surface area contributed by atoms with Gasteiger partial charge in [-0.2, -0.15) is 0 Å². The molecule has 0 radical (unpaired) electrons.